The van der Waals surface area contributed by atoms with E-state index in [0.717, 1.165) is 11.3 Å². The van der Waals surface area contributed by atoms with Crippen LogP contribution in [0.1, 0.15) is 0 Å². The molecule has 0 fully saturated rings. The van der Waals surface area contributed by atoms with Gasteiger partial charge in [0.05, 0.1) is 12.6 Å². The summed E-state index contributed by atoms with van der Waals surface area (Å²) >= 11 is 6.10. The van der Waals surface area contributed by atoms with E-state index in [0.29, 0.717) is 16.5 Å². The number of hydrogen-bond donors (Lipinski definition) is 1. The minimum atomic E-state index is 0.159. The molecule has 0 amide bonds. The maximum absolute atomic E-state index is 9.50. The topological polar surface area (TPSA) is 46.8 Å². The third-order valence-electron chi connectivity index (χ3n) is 2.91. The van der Waals surface area contributed by atoms with Gasteiger partial charge >= 0.3 is 0 Å². The first kappa shape index (κ1) is 11.9. The fraction of sp³-hybridized carbons (Fsp3) is 0.0714. The van der Waals surface area contributed by atoms with Crippen LogP contribution in [0, 0.1) is 0 Å². The van der Waals surface area contributed by atoms with Crippen LogP contribution in [0.25, 0.3) is 16.9 Å². The van der Waals surface area contributed by atoms with Gasteiger partial charge in [-0.15, -0.1) is 0 Å². The predicted molar refractivity (Wildman–Crippen MR) is 73.9 cm³/mol. The molecule has 0 unspecified atom stereocenters. The van der Waals surface area contributed by atoms with Gasteiger partial charge in [0.15, 0.2) is 5.15 Å². The molecule has 19 heavy (non-hydrogen) atoms. The van der Waals surface area contributed by atoms with Crippen molar-refractivity contribution in [2.45, 2.75) is 0 Å². The summed E-state index contributed by atoms with van der Waals surface area (Å²) in [5, 5.41) is 9.85. The highest BCUT2D eigenvalue weighted by molar-refractivity contribution is 6.33. The number of methoxy groups -OCH3 is 1. The van der Waals surface area contributed by atoms with Crippen molar-refractivity contribution in [3.63, 3.8) is 0 Å². The van der Waals surface area contributed by atoms with Crippen molar-refractivity contribution in [3.05, 3.63) is 47.7 Å². The third-order valence-corrected chi connectivity index (χ3v) is 3.19. The Morgan fingerprint density at radius 1 is 1.26 bits per heavy atom. The first-order valence-corrected chi connectivity index (χ1v) is 6.08. The number of hydrogen-bond acceptors (Lipinski definition) is 3. The summed E-state index contributed by atoms with van der Waals surface area (Å²) in [6.45, 7) is 0. The third kappa shape index (κ3) is 2.00. The van der Waals surface area contributed by atoms with Crippen molar-refractivity contribution in [1.82, 2.24) is 9.38 Å². The molecule has 0 spiro atoms. The molecule has 96 valence electrons. The highest BCUT2D eigenvalue weighted by Crippen LogP contribution is 2.29. The van der Waals surface area contributed by atoms with Crippen LogP contribution in [0.5, 0.6) is 11.5 Å². The van der Waals surface area contributed by atoms with E-state index in [1.165, 1.54) is 0 Å². The largest absolute Gasteiger partial charge is 0.508 e. The lowest BCUT2D eigenvalue weighted by Crippen LogP contribution is -1.90. The van der Waals surface area contributed by atoms with E-state index in [4.69, 9.17) is 16.3 Å². The smallest absolute Gasteiger partial charge is 0.155 e. The SMILES string of the molecule is COc1cccc(-c2nc(Cl)c3cc(O)ccn23)c1. The van der Waals surface area contributed by atoms with Gasteiger partial charge in [-0.2, -0.15) is 0 Å². The second-order valence-electron chi connectivity index (χ2n) is 4.10. The Bertz CT molecular complexity index is 752. The average molecular weight is 275 g/mol. The zero-order valence-electron chi connectivity index (χ0n) is 10.2. The van der Waals surface area contributed by atoms with Gasteiger partial charge in [-0.1, -0.05) is 23.7 Å². The highest BCUT2D eigenvalue weighted by atomic mass is 35.5. The fourth-order valence-electron chi connectivity index (χ4n) is 2.00. The summed E-state index contributed by atoms with van der Waals surface area (Å²) in [5.74, 6) is 1.62. The van der Waals surface area contributed by atoms with Crippen LogP contribution in [0.2, 0.25) is 5.15 Å². The molecule has 2 aromatic heterocycles. The number of halogens is 1. The summed E-state index contributed by atoms with van der Waals surface area (Å²) in [7, 11) is 1.62. The van der Waals surface area contributed by atoms with E-state index >= 15 is 0 Å². The van der Waals surface area contributed by atoms with Crippen molar-refractivity contribution < 1.29 is 9.84 Å². The molecule has 1 N–H and O–H groups in total. The Hall–Kier alpha value is -2.20. The summed E-state index contributed by atoms with van der Waals surface area (Å²) in [4.78, 5) is 4.34. The van der Waals surface area contributed by atoms with E-state index in [-0.39, 0.29) is 5.75 Å². The molecule has 0 saturated heterocycles. The first-order chi connectivity index (χ1) is 9.19. The molecular weight excluding hydrogens is 264 g/mol. The molecule has 3 rings (SSSR count). The molecule has 0 aliphatic heterocycles. The molecule has 3 aromatic rings. The second-order valence-corrected chi connectivity index (χ2v) is 4.46. The normalized spacial score (nSPS) is 10.8. The molecule has 0 bridgehead atoms. The molecule has 0 atom stereocenters. The molecule has 1 aromatic carbocycles. The van der Waals surface area contributed by atoms with Crippen LogP contribution in [-0.2, 0) is 0 Å². The Morgan fingerprint density at radius 2 is 2.11 bits per heavy atom. The molecule has 0 saturated carbocycles. The van der Waals surface area contributed by atoms with Crippen LogP contribution in [0.4, 0.5) is 0 Å². The van der Waals surface area contributed by atoms with Gasteiger partial charge < -0.3 is 9.84 Å². The molecular formula is C14H11ClN2O2. The van der Waals surface area contributed by atoms with E-state index in [2.05, 4.69) is 4.98 Å². The minimum Gasteiger partial charge on any atom is -0.508 e. The van der Waals surface area contributed by atoms with E-state index < -0.39 is 0 Å². The highest BCUT2D eigenvalue weighted by Gasteiger charge is 2.12. The van der Waals surface area contributed by atoms with E-state index in [9.17, 15) is 5.11 Å². The van der Waals surface area contributed by atoms with Crippen LogP contribution in [0.3, 0.4) is 0 Å². The zero-order valence-corrected chi connectivity index (χ0v) is 10.9. The molecule has 4 nitrogen and oxygen atoms in total. The Labute approximate surface area is 114 Å². The minimum absolute atomic E-state index is 0.159. The van der Waals surface area contributed by atoms with Gasteiger partial charge in [0.2, 0.25) is 0 Å². The monoisotopic (exact) mass is 274 g/mol. The van der Waals surface area contributed by atoms with Crippen molar-refractivity contribution in [1.29, 1.82) is 0 Å². The van der Waals surface area contributed by atoms with Gasteiger partial charge in [-0.25, -0.2) is 4.98 Å². The molecule has 0 radical (unpaired) electrons. The number of rotatable bonds is 2. The van der Waals surface area contributed by atoms with Gasteiger partial charge in [0.25, 0.3) is 0 Å². The molecule has 5 heteroatoms. The lowest BCUT2D eigenvalue weighted by molar-refractivity contribution is 0.415. The van der Waals surface area contributed by atoms with Gasteiger partial charge in [-0.05, 0) is 18.2 Å². The van der Waals surface area contributed by atoms with Crippen LogP contribution >= 0.6 is 11.6 Å². The van der Waals surface area contributed by atoms with Crippen molar-refractivity contribution >= 4 is 17.1 Å². The van der Waals surface area contributed by atoms with Crippen LogP contribution in [0.15, 0.2) is 42.6 Å². The molecule has 0 aliphatic carbocycles. The lowest BCUT2D eigenvalue weighted by atomic mass is 10.2. The number of aromatic hydroxyl groups is 1. The lowest BCUT2D eigenvalue weighted by Gasteiger charge is -2.04. The van der Waals surface area contributed by atoms with E-state index in [1.54, 1.807) is 25.4 Å². The van der Waals surface area contributed by atoms with Crippen LogP contribution < -0.4 is 4.74 Å². The summed E-state index contributed by atoms with van der Waals surface area (Å²) in [6, 6.07) is 10.8. The van der Waals surface area contributed by atoms with E-state index in [1.807, 2.05) is 28.7 Å². The quantitative estimate of drug-likeness (QED) is 0.779. The number of aromatic nitrogens is 2. The summed E-state index contributed by atoms with van der Waals surface area (Å²) in [6.07, 6.45) is 1.73. The maximum atomic E-state index is 9.50. The summed E-state index contributed by atoms with van der Waals surface area (Å²) in [5.41, 5.74) is 1.56. The second kappa shape index (κ2) is 4.48. The Kier molecular flexibility index (Phi) is 2.80. The first-order valence-electron chi connectivity index (χ1n) is 5.70. The standard InChI is InChI=1S/C14H11ClN2O2/c1-19-11-4-2-3-9(7-11)14-16-13(15)12-8-10(18)5-6-17(12)14/h2-8,18H,1H3. The maximum Gasteiger partial charge on any atom is 0.155 e. The number of fused-ring (bicyclic) bond motifs is 1. The number of nitrogens with zero attached hydrogens (tertiary/aromatic N) is 2. The van der Waals surface area contributed by atoms with Crippen molar-refractivity contribution in [2.24, 2.45) is 0 Å². The van der Waals surface area contributed by atoms with Crippen molar-refractivity contribution in [3.8, 4) is 22.9 Å². The molecule has 2 heterocycles. The van der Waals surface area contributed by atoms with Gasteiger partial charge in [0.1, 0.15) is 17.3 Å². The van der Waals surface area contributed by atoms with Gasteiger partial charge in [-0.3, -0.25) is 4.40 Å². The van der Waals surface area contributed by atoms with Crippen LogP contribution in [-0.4, -0.2) is 21.6 Å². The number of pyridine rings is 1. The fourth-order valence-corrected chi connectivity index (χ4v) is 2.23. The Balaban J connectivity index is 2.25. The zero-order chi connectivity index (χ0) is 13.4. The number of benzene rings is 1. The van der Waals surface area contributed by atoms with Crippen molar-refractivity contribution in [2.75, 3.05) is 7.11 Å². The summed E-state index contributed by atoms with van der Waals surface area (Å²) < 4.78 is 7.03. The Morgan fingerprint density at radius 3 is 2.89 bits per heavy atom. The number of imidazole rings is 1. The number of ether oxygens (including phenoxy) is 1. The average Bonchev–Trinajstić information content (AvgIpc) is 2.76. The predicted octanol–water partition coefficient (Wildman–Crippen LogP) is 3.37. The molecule has 0 aliphatic rings. The van der Waals surface area contributed by atoms with Gasteiger partial charge in [0, 0.05) is 17.8 Å².